The third kappa shape index (κ3) is 0.797. The quantitative estimate of drug-likeness (QED) is 0.424. The predicted molar refractivity (Wildman–Crippen MR) is 40.6 cm³/mol. The number of ketones is 2. The van der Waals surface area contributed by atoms with Crippen molar-refractivity contribution >= 4 is 34.8 Å². The molecule has 2 nitrogen and oxygen atoms in total. The summed E-state index contributed by atoms with van der Waals surface area (Å²) in [6.07, 6.45) is 2.85. The number of alkyl halides is 2. The summed E-state index contributed by atoms with van der Waals surface area (Å²) in [6.45, 7) is 0. The van der Waals surface area contributed by atoms with Crippen LogP contribution in [-0.2, 0) is 9.59 Å². The summed E-state index contributed by atoms with van der Waals surface area (Å²) in [5.41, 5.74) is 0. The molecule has 0 saturated heterocycles. The Labute approximate surface area is 73.2 Å². The van der Waals surface area contributed by atoms with Gasteiger partial charge in [0.1, 0.15) is 4.33 Å². The number of hydrogen-bond donors (Lipinski definition) is 0. The van der Waals surface area contributed by atoms with E-state index in [0.717, 1.165) is 0 Å². The molecule has 0 spiro atoms. The van der Waals surface area contributed by atoms with Gasteiger partial charge in [-0.05, 0) is 6.08 Å². The zero-order chi connectivity index (χ0) is 8.22. The van der Waals surface area contributed by atoms with Crippen molar-refractivity contribution in [2.45, 2.75) is 4.33 Å². The molecule has 0 aromatic heterocycles. The number of fused-ring (bicyclic) bond motifs is 1. The van der Waals surface area contributed by atoms with Crippen molar-refractivity contribution in [3.05, 3.63) is 12.2 Å². The molecule has 2 rings (SSSR count). The highest BCUT2D eigenvalue weighted by Gasteiger charge is 2.67. The number of allylic oxidation sites excluding steroid dienone is 2. The van der Waals surface area contributed by atoms with Gasteiger partial charge in [-0.2, -0.15) is 0 Å². The topological polar surface area (TPSA) is 34.1 Å². The summed E-state index contributed by atoms with van der Waals surface area (Å²) in [5, 5.41) is 0. The van der Waals surface area contributed by atoms with Crippen LogP contribution in [0.2, 0.25) is 0 Å². The van der Waals surface area contributed by atoms with Crippen LogP contribution in [0.25, 0.3) is 0 Å². The van der Waals surface area contributed by atoms with E-state index >= 15 is 0 Å². The van der Waals surface area contributed by atoms with Gasteiger partial charge < -0.3 is 0 Å². The van der Waals surface area contributed by atoms with Gasteiger partial charge in [0.15, 0.2) is 0 Å². The molecule has 1 fully saturated rings. The highest BCUT2D eigenvalue weighted by atomic mass is 35.5. The van der Waals surface area contributed by atoms with Crippen LogP contribution in [0.5, 0.6) is 0 Å². The second-order valence-corrected chi connectivity index (χ2v) is 4.21. The third-order valence-corrected chi connectivity index (χ3v) is 3.06. The SMILES string of the molecule is O=C1C=C[C@@H]2[C@H](C1=O)C2(Cl)Cl. The molecular weight excluding hydrogens is 187 g/mol. The molecule has 2 aliphatic carbocycles. The van der Waals surface area contributed by atoms with Crippen molar-refractivity contribution in [1.82, 2.24) is 0 Å². The zero-order valence-corrected chi connectivity index (χ0v) is 6.89. The minimum absolute atomic E-state index is 0.143. The number of carbonyl (C=O) groups excluding carboxylic acids is 2. The Morgan fingerprint density at radius 2 is 2.00 bits per heavy atom. The summed E-state index contributed by atoms with van der Waals surface area (Å²) in [6, 6.07) is 0. The Balaban J connectivity index is 2.37. The fourth-order valence-electron chi connectivity index (χ4n) is 1.35. The van der Waals surface area contributed by atoms with Gasteiger partial charge in [0.2, 0.25) is 11.6 Å². The Morgan fingerprint density at radius 1 is 1.36 bits per heavy atom. The molecule has 0 amide bonds. The van der Waals surface area contributed by atoms with Crippen LogP contribution in [0.1, 0.15) is 0 Å². The molecule has 2 atom stereocenters. The number of halogens is 2. The van der Waals surface area contributed by atoms with Crippen LogP contribution in [0.4, 0.5) is 0 Å². The number of carbonyl (C=O) groups is 2. The molecule has 0 heterocycles. The van der Waals surface area contributed by atoms with Crippen molar-refractivity contribution in [2.75, 3.05) is 0 Å². The van der Waals surface area contributed by atoms with E-state index in [4.69, 9.17) is 23.2 Å². The first-order valence-corrected chi connectivity index (χ1v) is 3.95. The van der Waals surface area contributed by atoms with Crippen LogP contribution in [0.3, 0.4) is 0 Å². The number of Topliss-reactive ketones (excluding diaryl/α,β-unsaturated/α-hetero) is 1. The van der Waals surface area contributed by atoms with Gasteiger partial charge in [-0.1, -0.05) is 6.08 Å². The molecule has 1 saturated carbocycles. The van der Waals surface area contributed by atoms with Gasteiger partial charge in [-0.3, -0.25) is 9.59 Å². The Morgan fingerprint density at radius 3 is 2.55 bits per heavy atom. The molecule has 4 heteroatoms. The predicted octanol–water partition coefficient (Wildman–Crippen LogP) is 1.11. The molecule has 11 heavy (non-hydrogen) atoms. The zero-order valence-electron chi connectivity index (χ0n) is 5.38. The maximum absolute atomic E-state index is 11.0. The number of rotatable bonds is 0. The van der Waals surface area contributed by atoms with E-state index in [1.54, 1.807) is 6.08 Å². The fourth-order valence-corrected chi connectivity index (χ4v) is 2.10. The van der Waals surface area contributed by atoms with E-state index < -0.39 is 21.8 Å². The lowest BCUT2D eigenvalue weighted by Crippen LogP contribution is -2.18. The van der Waals surface area contributed by atoms with E-state index in [2.05, 4.69) is 0 Å². The Bertz CT molecular complexity index is 280. The molecule has 0 bridgehead atoms. The molecule has 0 N–H and O–H groups in total. The van der Waals surface area contributed by atoms with Crippen LogP contribution >= 0.6 is 23.2 Å². The van der Waals surface area contributed by atoms with E-state index in [0.29, 0.717) is 0 Å². The van der Waals surface area contributed by atoms with Gasteiger partial charge in [0, 0.05) is 5.92 Å². The van der Waals surface area contributed by atoms with Crippen LogP contribution in [0, 0.1) is 11.8 Å². The van der Waals surface area contributed by atoms with Crippen molar-refractivity contribution in [3.63, 3.8) is 0 Å². The molecule has 58 valence electrons. The summed E-state index contributed by atoms with van der Waals surface area (Å²) >= 11 is 11.4. The van der Waals surface area contributed by atoms with Crippen LogP contribution < -0.4 is 0 Å². The van der Waals surface area contributed by atoms with Crippen molar-refractivity contribution in [2.24, 2.45) is 11.8 Å². The lowest BCUT2D eigenvalue weighted by Gasteiger charge is -1.95. The highest BCUT2D eigenvalue weighted by Crippen LogP contribution is 2.61. The summed E-state index contributed by atoms with van der Waals surface area (Å²) in [5.74, 6) is -1.57. The summed E-state index contributed by atoms with van der Waals surface area (Å²) < 4.78 is -1.01. The first kappa shape index (κ1) is 7.32. The first-order valence-electron chi connectivity index (χ1n) is 3.19. The van der Waals surface area contributed by atoms with Crippen molar-refractivity contribution in [1.29, 1.82) is 0 Å². The average molecular weight is 191 g/mol. The minimum Gasteiger partial charge on any atom is -0.290 e. The fraction of sp³-hybridized carbons (Fsp3) is 0.429. The molecular formula is C7H4Cl2O2. The Kier molecular flexibility index (Phi) is 1.25. The lowest BCUT2D eigenvalue weighted by molar-refractivity contribution is -0.135. The van der Waals surface area contributed by atoms with Gasteiger partial charge in [0.05, 0.1) is 5.92 Å². The van der Waals surface area contributed by atoms with E-state index in [1.165, 1.54) is 6.08 Å². The molecule has 0 unspecified atom stereocenters. The third-order valence-electron chi connectivity index (χ3n) is 2.09. The maximum atomic E-state index is 11.0. The summed E-state index contributed by atoms with van der Waals surface area (Å²) in [7, 11) is 0. The van der Waals surface area contributed by atoms with Gasteiger partial charge in [-0.15, -0.1) is 23.2 Å². The van der Waals surface area contributed by atoms with Gasteiger partial charge in [0.25, 0.3) is 0 Å². The van der Waals surface area contributed by atoms with Crippen molar-refractivity contribution < 1.29 is 9.59 Å². The maximum Gasteiger partial charge on any atom is 0.221 e. The molecule has 0 aromatic carbocycles. The largest absolute Gasteiger partial charge is 0.290 e. The number of hydrogen-bond acceptors (Lipinski definition) is 2. The normalized spacial score (nSPS) is 38.7. The van der Waals surface area contributed by atoms with Crippen molar-refractivity contribution in [3.8, 4) is 0 Å². The molecule has 0 aromatic rings. The summed E-state index contributed by atoms with van der Waals surface area (Å²) in [4.78, 5) is 21.8. The smallest absolute Gasteiger partial charge is 0.221 e. The minimum atomic E-state index is -1.01. The van der Waals surface area contributed by atoms with Crippen LogP contribution in [-0.4, -0.2) is 15.9 Å². The molecule has 2 aliphatic rings. The second-order valence-electron chi connectivity index (χ2n) is 2.77. The lowest BCUT2D eigenvalue weighted by atomic mass is 10.1. The van der Waals surface area contributed by atoms with E-state index in [1.807, 2.05) is 0 Å². The molecule has 0 radical (unpaired) electrons. The van der Waals surface area contributed by atoms with Gasteiger partial charge in [-0.25, -0.2) is 0 Å². The highest BCUT2D eigenvalue weighted by molar-refractivity contribution is 6.57. The first-order chi connectivity index (χ1) is 5.05. The van der Waals surface area contributed by atoms with E-state index in [9.17, 15) is 9.59 Å². The van der Waals surface area contributed by atoms with Crippen LogP contribution in [0.15, 0.2) is 12.2 Å². The van der Waals surface area contributed by atoms with Gasteiger partial charge >= 0.3 is 0 Å². The Hall–Kier alpha value is -0.340. The monoisotopic (exact) mass is 190 g/mol. The second kappa shape index (κ2) is 1.87. The van der Waals surface area contributed by atoms with E-state index in [-0.39, 0.29) is 5.92 Å². The molecule has 0 aliphatic heterocycles. The average Bonchev–Trinajstić information content (AvgIpc) is 2.46. The standard InChI is InChI=1S/C7H4Cl2O2/c8-7(9)3-1-2-4(10)6(11)5(3)7/h1-3,5H/t3-,5-/m1/s1.